The lowest BCUT2D eigenvalue weighted by Gasteiger charge is -2.30. The smallest absolute Gasteiger partial charge is 0.244 e. The number of hydrogen-bond acceptors (Lipinski definition) is 5. The second kappa shape index (κ2) is 5.97. The topological polar surface area (TPSA) is 66.1 Å². The van der Waals surface area contributed by atoms with E-state index in [2.05, 4.69) is 39.2 Å². The standard InChI is InChI=1S/C11H21N5O/c1-3-6-17-8-10-13-11(15-14-10)16-5-4-12-9(2)7-16/h9,12H,3-8H2,1-2H3,(H,13,14,15). The van der Waals surface area contributed by atoms with Gasteiger partial charge in [0.05, 0.1) is 0 Å². The molecule has 0 saturated carbocycles. The van der Waals surface area contributed by atoms with Gasteiger partial charge in [-0.15, -0.1) is 5.10 Å². The zero-order valence-corrected chi connectivity index (χ0v) is 10.6. The molecular formula is C11H21N5O. The second-order valence-electron chi connectivity index (χ2n) is 4.44. The van der Waals surface area contributed by atoms with Crippen molar-refractivity contribution in [1.29, 1.82) is 0 Å². The van der Waals surface area contributed by atoms with Crippen LogP contribution in [0.1, 0.15) is 26.1 Å². The van der Waals surface area contributed by atoms with Crippen molar-refractivity contribution in [1.82, 2.24) is 20.5 Å². The molecule has 0 aromatic carbocycles. The van der Waals surface area contributed by atoms with Crippen molar-refractivity contribution in [3.63, 3.8) is 0 Å². The summed E-state index contributed by atoms with van der Waals surface area (Å²) in [6.45, 7) is 8.43. The number of aromatic nitrogens is 3. The largest absolute Gasteiger partial charge is 0.373 e. The van der Waals surface area contributed by atoms with Crippen LogP contribution in [0, 0.1) is 0 Å². The normalized spacial score (nSPS) is 20.8. The first-order valence-corrected chi connectivity index (χ1v) is 6.27. The zero-order chi connectivity index (χ0) is 12.1. The quantitative estimate of drug-likeness (QED) is 0.734. The van der Waals surface area contributed by atoms with Crippen molar-refractivity contribution in [2.24, 2.45) is 0 Å². The first-order valence-electron chi connectivity index (χ1n) is 6.27. The highest BCUT2D eigenvalue weighted by Gasteiger charge is 2.19. The summed E-state index contributed by atoms with van der Waals surface area (Å²) < 4.78 is 5.43. The number of H-pyrrole nitrogens is 1. The molecule has 2 heterocycles. The molecular weight excluding hydrogens is 218 g/mol. The number of ether oxygens (including phenoxy) is 1. The summed E-state index contributed by atoms with van der Waals surface area (Å²) in [4.78, 5) is 6.64. The van der Waals surface area contributed by atoms with Gasteiger partial charge < -0.3 is 15.0 Å². The minimum atomic E-state index is 0.488. The number of piperazine rings is 1. The summed E-state index contributed by atoms with van der Waals surface area (Å²) in [6.07, 6.45) is 1.02. The maximum Gasteiger partial charge on any atom is 0.244 e. The van der Waals surface area contributed by atoms with Crippen molar-refractivity contribution in [2.75, 3.05) is 31.1 Å². The molecule has 1 aliphatic heterocycles. The van der Waals surface area contributed by atoms with Crippen LogP contribution in [0.3, 0.4) is 0 Å². The average Bonchev–Trinajstić information content (AvgIpc) is 2.78. The maximum absolute atomic E-state index is 5.43. The fourth-order valence-corrected chi connectivity index (χ4v) is 1.92. The van der Waals surface area contributed by atoms with E-state index in [-0.39, 0.29) is 0 Å². The lowest BCUT2D eigenvalue weighted by atomic mass is 10.2. The fourth-order valence-electron chi connectivity index (χ4n) is 1.92. The molecule has 0 bridgehead atoms. The molecule has 1 atom stereocenters. The van der Waals surface area contributed by atoms with Gasteiger partial charge in [0.15, 0.2) is 5.82 Å². The maximum atomic E-state index is 5.43. The Morgan fingerprint density at radius 2 is 2.41 bits per heavy atom. The van der Waals surface area contributed by atoms with Crippen LogP contribution in [0.2, 0.25) is 0 Å². The minimum Gasteiger partial charge on any atom is -0.373 e. The van der Waals surface area contributed by atoms with Gasteiger partial charge in [-0.3, -0.25) is 5.10 Å². The number of nitrogens with zero attached hydrogens (tertiary/aromatic N) is 3. The molecule has 1 fully saturated rings. The molecule has 6 nitrogen and oxygen atoms in total. The van der Waals surface area contributed by atoms with E-state index in [9.17, 15) is 0 Å². The Hall–Kier alpha value is -1.14. The Kier molecular flexibility index (Phi) is 4.33. The molecule has 6 heteroatoms. The molecule has 1 unspecified atom stereocenters. The van der Waals surface area contributed by atoms with Gasteiger partial charge in [0, 0.05) is 32.3 Å². The van der Waals surface area contributed by atoms with Gasteiger partial charge in [-0.05, 0) is 13.3 Å². The molecule has 1 aromatic heterocycles. The molecule has 1 aliphatic rings. The van der Waals surface area contributed by atoms with E-state index in [1.165, 1.54) is 0 Å². The van der Waals surface area contributed by atoms with Crippen molar-refractivity contribution in [3.05, 3.63) is 5.82 Å². The van der Waals surface area contributed by atoms with Crippen LogP contribution in [0.4, 0.5) is 5.95 Å². The summed E-state index contributed by atoms with van der Waals surface area (Å²) >= 11 is 0. The minimum absolute atomic E-state index is 0.488. The number of anilines is 1. The Labute approximate surface area is 102 Å². The van der Waals surface area contributed by atoms with E-state index < -0.39 is 0 Å². The van der Waals surface area contributed by atoms with Crippen LogP contribution in [-0.2, 0) is 11.3 Å². The van der Waals surface area contributed by atoms with Gasteiger partial charge in [0.2, 0.25) is 5.95 Å². The molecule has 2 N–H and O–H groups in total. The van der Waals surface area contributed by atoms with Crippen molar-refractivity contribution >= 4 is 5.95 Å². The molecule has 0 radical (unpaired) electrons. The average molecular weight is 239 g/mol. The van der Waals surface area contributed by atoms with Crippen molar-refractivity contribution in [3.8, 4) is 0 Å². The zero-order valence-electron chi connectivity index (χ0n) is 10.6. The number of rotatable bonds is 5. The van der Waals surface area contributed by atoms with Crippen LogP contribution in [0.5, 0.6) is 0 Å². The van der Waals surface area contributed by atoms with Crippen LogP contribution in [0.25, 0.3) is 0 Å². The molecule has 1 aromatic rings. The van der Waals surface area contributed by atoms with Crippen molar-refractivity contribution < 1.29 is 4.74 Å². The van der Waals surface area contributed by atoms with E-state index in [0.29, 0.717) is 12.6 Å². The lowest BCUT2D eigenvalue weighted by Crippen LogP contribution is -2.49. The summed E-state index contributed by atoms with van der Waals surface area (Å²) in [5.41, 5.74) is 0. The molecule has 0 amide bonds. The van der Waals surface area contributed by atoms with Gasteiger partial charge >= 0.3 is 0 Å². The van der Waals surface area contributed by atoms with Crippen LogP contribution in [-0.4, -0.2) is 47.5 Å². The predicted octanol–water partition coefficient (Wildman–Crippen LogP) is 0.529. The predicted molar refractivity (Wildman–Crippen MR) is 66.0 cm³/mol. The Morgan fingerprint density at radius 1 is 1.53 bits per heavy atom. The number of nitrogens with one attached hydrogen (secondary N) is 2. The van der Waals surface area contributed by atoms with Gasteiger partial charge in [0.1, 0.15) is 6.61 Å². The second-order valence-corrected chi connectivity index (χ2v) is 4.44. The molecule has 2 rings (SSSR count). The van der Waals surface area contributed by atoms with Gasteiger partial charge in [0.25, 0.3) is 0 Å². The molecule has 1 saturated heterocycles. The van der Waals surface area contributed by atoms with Crippen molar-refractivity contribution in [2.45, 2.75) is 32.9 Å². The third kappa shape index (κ3) is 3.41. The Morgan fingerprint density at radius 3 is 3.18 bits per heavy atom. The van der Waals surface area contributed by atoms with E-state index in [0.717, 1.165) is 44.4 Å². The Bertz CT molecular complexity index is 340. The number of aromatic amines is 1. The molecule has 96 valence electrons. The van der Waals surface area contributed by atoms with E-state index in [1.807, 2.05) is 0 Å². The third-order valence-corrected chi connectivity index (χ3v) is 2.76. The summed E-state index contributed by atoms with van der Waals surface area (Å²) in [6, 6.07) is 0.488. The summed E-state index contributed by atoms with van der Waals surface area (Å²) in [5, 5.41) is 10.6. The third-order valence-electron chi connectivity index (χ3n) is 2.76. The highest BCUT2D eigenvalue weighted by molar-refractivity contribution is 5.29. The fraction of sp³-hybridized carbons (Fsp3) is 0.818. The van der Waals surface area contributed by atoms with E-state index in [1.54, 1.807) is 0 Å². The highest BCUT2D eigenvalue weighted by atomic mass is 16.5. The Balaban J connectivity index is 1.88. The van der Waals surface area contributed by atoms with Gasteiger partial charge in [-0.1, -0.05) is 6.92 Å². The van der Waals surface area contributed by atoms with Crippen LogP contribution < -0.4 is 10.2 Å². The molecule has 0 aliphatic carbocycles. The first-order chi connectivity index (χ1) is 8.29. The van der Waals surface area contributed by atoms with Gasteiger partial charge in [-0.25, -0.2) is 0 Å². The highest BCUT2D eigenvalue weighted by Crippen LogP contribution is 2.10. The van der Waals surface area contributed by atoms with Gasteiger partial charge in [-0.2, -0.15) is 4.98 Å². The summed E-state index contributed by atoms with van der Waals surface area (Å²) in [5.74, 6) is 1.59. The van der Waals surface area contributed by atoms with Crippen LogP contribution in [0.15, 0.2) is 0 Å². The van der Waals surface area contributed by atoms with Crippen LogP contribution >= 0.6 is 0 Å². The monoisotopic (exact) mass is 239 g/mol. The lowest BCUT2D eigenvalue weighted by molar-refractivity contribution is 0.116. The number of hydrogen-bond donors (Lipinski definition) is 2. The molecule has 0 spiro atoms. The van der Waals surface area contributed by atoms with E-state index in [4.69, 9.17) is 4.74 Å². The van der Waals surface area contributed by atoms with E-state index >= 15 is 0 Å². The SMILES string of the molecule is CCCOCc1nc(N2CCNC(C)C2)n[nH]1. The first kappa shape index (κ1) is 12.3. The molecule has 17 heavy (non-hydrogen) atoms. The summed E-state index contributed by atoms with van der Waals surface area (Å²) in [7, 11) is 0.